The highest BCUT2D eigenvalue weighted by atomic mass is 19.1. The number of benzene rings is 2. The second kappa shape index (κ2) is 11.9. The Morgan fingerprint density at radius 1 is 1.05 bits per heavy atom. The van der Waals surface area contributed by atoms with Crippen LogP contribution in [0.5, 0.6) is 5.75 Å². The predicted octanol–water partition coefficient (Wildman–Crippen LogP) is 6.76. The van der Waals surface area contributed by atoms with E-state index >= 15 is 8.78 Å². The van der Waals surface area contributed by atoms with E-state index in [0.29, 0.717) is 25.5 Å². The van der Waals surface area contributed by atoms with Crippen molar-refractivity contribution < 1.29 is 13.5 Å². The van der Waals surface area contributed by atoms with E-state index in [9.17, 15) is 0 Å². The summed E-state index contributed by atoms with van der Waals surface area (Å²) in [6, 6.07) is 14.1. The quantitative estimate of drug-likeness (QED) is 0.231. The smallest absolute Gasteiger partial charge is 0.162 e. The second-order valence-electron chi connectivity index (χ2n) is 11.1. The van der Waals surface area contributed by atoms with E-state index in [2.05, 4.69) is 33.5 Å². The highest BCUT2D eigenvalue weighted by Gasteiger charge is 2.30. The number of rotatable bonds is 9. The molecule has 0 amide bonds. The maximum absolute atomic E-state index is 15.3. The molecule has 0 radical (unpaired) electrons. The van der Waals surface area contributed by atoms with Gasteiger partial charge in [-0.1, -0.05) is 45.0 Å². The average molecular weight is 569 g/mol. The third-order valence-electron chi connectivity index (χ3n) is 7.58. The summed E-state index contributed by atoms with van der Waals surface area (Å²) >= 11 is 0. The fourth-order valence-corrected chi connectivity index (χ4v) is 5.45. The van der Waals surface area contributed by atoms with Crippen LogP contribution in [0.3, 0.4) is 0 Å². The van der Waals surface area contributed by atoms with Crippen LogP contribution in [0.25, 0.3) is 5.57 Å². The molecule has 0 bridgehead atoms. The summed E-state index contributed by atoms with van der Waals surface area (Å²) in [6.07, 6.45) is 6.33. The summed E-state index contributed by atoms with van der Waals surface area (Å²) in [7, 11) is 0. The van der Waals surface area contributed by atoms with Gasteiger partial charge in [0.1, 0.15) is 23.2 Å². The third-order valence-corrected chi connectivity index (χ3v) is 7.58. The van der Waals surface area contributed by atoms with Gasteiger partial charge in [0.25, 0.3) is 0 Å². The van der Waals surface area contributed by atoms with Crippen molar-refractivity contribution >= 4 is 22.8 Å². The molecule has 0 aliphatic carbocycles. The van der Waals surface area contributed by atoms with Gasteiger partial charge in [-0.15, -0.1) is 0 Å². The normalized spacial score (nSPS) is 15.8. The van der Waals surface area contributed by atoms with Gasteiger partial charge in [0.05, 0.1) is 12.3 Å². The molecular weight excluding hydrogens is 534 g/mol. The van der Waals surface area contributed by atoms with E-state index in [0.717, 1.165) is 46.0 Å². The number of ether oxygens (including phenoxy) is 1. The topological polar surface area (TPSA) is 75.2 Å². The van der Waals surface area contributed by atoms with Crippen LogP contribution in [0.2, 0.25) is 0 Å². The summed E-state index contributed by atoms with van der Waals surface area (Å²) in [5.74, 6) is 0.595. The monoisotopic (exact) mass is 568 g/mol. The maximum Gasteiger partial charge on any atom is 0.162 e. The minimum atomic E-state index is -0.614. The molecule has 6 rings (SSSR count). The zero-order valence-electron chi connectivity index (χ0n) is 24.0. The van der Waals surface area contributed by atoms with E-state index in [4.69, 9.17) is 14.7 Å². The van der Waals surface area contributed by atoms with E-state index in [1.165, 1.54) is 12.1 Å². The minimum absolute atomic E-state index is 0.0145. The molecule has 2 N–H and O–H groups in total. The van der Waals surface area contributed by atoms with Crippen LogP contribution in [0.1, 0.15) is 55.4 Å². The number of anilines is 3. The fraction of sp³-hybridized carbons (Fsp3) is 0.303. The molecular formula is C33H34F2N6O. The first-order valence-electron chi connectivity index (χ1n) is 14.4. The second-order valence-corrected chi connectivity index (χ2v) is 11.1. The molecule has 2 aliphatic heterocycles. The van der Waals surface area contributed by atoms with Gasteiger partial charge in [0, 0.05) is 83.8 Å². The van der Waals surface area contributed by atoms with Gasteiger partial charge in [-0.25, -0.2) is 18.7 Å². The van der Waals surface area contributed by atoms with Crippen molar-refractivity contribution in [1.29, 1.82) is 0 Å². The molecule has 0 spiro atoms. The molecule has 0 fully saturated rings. The van der Waals surface area contributed by atoms with Gasteiger partial charge < -0.3 is 20.3 Å². The Hall–Kier alpha value is -4.37. The molecule has 2 aliphatic rings. The molecule has 1 atom stereocenters. The van der Waals surface area contributed by atoms with Crippen molar-refractivity contribution in [3.63, 3.8) is 0 Å². The van der Waals surface area contributed by atoms with Crippen LogP contribution in [0.15, 0.2) is 67.0 Å². The maximum atomic E-state index is 15.3. The molecule has 0 saturated carbocycles. The van der Waals surface area contributed by atoms with Crippen LogP contribution in [0.4, 0.5) is 26.0 Å². The lowest BCUT2D eigenvalue weighted by atomic mass is 9.92. The largest absolute Gasteiger partial charge is 0.493 e. The Kier molecular flexibility index (Phi) is 7.84. The van der Waals surface area contributed by atoms with Gasteiger partial charge in [0.2, 0.25) is 0 Å². The highest BCUT2D eigenvalue weighted by Crippen LogP contribution is 2.40. The number of nitrogens with zero attached hydrogens (tertiary/aromatic N) is 4. The van der Waals surface area contributed by atoms with Crippen LogP contribution < -0.4 is 20.3 Å². The SMILES string of the molecule is CCC1C=C(c2nc3c(c(Nc4ccncc4)n2)CNC3)c2ccccc2N1Cc1c(F)cc(OCC(C)C)cc1F. The molecule has 216 valence electrons. The Morgan fingerprint density at radius 2 is 1.81 bits per heavy atom. The van der Waals surface area contributed by atoms with E-state index < -0.39 is 11.6 Å². The number of fused-ring (bicyclic) bond motifs is 2. The van der Waals surface area contributed by atoms with Crippen molar-refractivity contribution in [2.24, 2.45) is 5.92 Å². The summed E-state index contributed by atoms with van der Waals surface area (Å²) in [5.41, 5.74) is 5.60. The first-order valence-corrected chi connectivity index (χ1v) is 14.4. The lowest BCUT2D eigenvalue weighted by molar-refractivity contribution is 0.268. The number of halogens is 2. The number of pyridine rings is 1. The molecule has 0 saturated heterocycles. The molecule has 4 aromatic rings. The number of para-hydroxylation sites is 1. The summed E-state index contributed by atoms with van der Waals surface area (Å²) in [6.45, 7) is 7.86. The molecule has 1 unspecified atom stereocenters. The van der Waals surface area contributed by atoms with Crippen LogP contribution in [-0.2, 0) is 19.6 Å². The minimum Gasteiger partial charge on any atom is -0.493 e. The van der Waals surface area contributed by atoms with Crippen molar-refractivity contribution in [1.82, 2.24) is 20.3 Å². The van der Waals surface area contributed by atoms with E-state index in [-0.39, 0.29) is 29.8 Å². The predicted molar refractivity (Wildman–Crippen MR) is 161 cm³/mol. The lowest BCUT2D eigenvalue weighted by Crippen LogP contribution is -2.37. The number of hydrogen-bond donors (Lipinski definition) is 2. The first-order chi connectivity index (χ1) is 20.4. The summed E-state index contributed by atoms with van der Waals surface area (Å²) in [4.78, 5) is 16.1. The summed E-state index contributed by atoms with van der Waals surface area (Å²) < 4.78 is 36.2. The lowest BCUT2D eigenvalue weighted by Gasteiger charge is -2.37. The van der Waals surface area contributed by atoms with Gasteiger partial charge in [-0.2, -0.15) is 0 Å². The van der Waals surface area contributed by atoms with Crippen LogP contribution in [0, 0.1) is 17.6 Å². The molecule has 2 aromatic carbocycles. The van der Waals surface area contributed by atoms with Crippen LogP contribution in [-0.4, -0.2) is 27.6 Å². The van der Waals surface area contributed by atoms with E-state index in [1.807, 2.05) is 50.2 Å². The van der Waals surface area contributed by atoms with Crippen molar-refractivity contribution in [3.05, 3.63) is 107 Å². The fourth-order valence-electron chi connectivity index (χ4n) is 5.45. The summed E-state index contributed by atoms with van der Waals surface area (Å²) in [5, 5.41) is 6.83. The number of nitrogens with one attached hydrogen (secondary N) is 2. The average Bonchev–Trinajstić information content (AvgIpc) is 3.47. The molecule has 42 heavy (non-hydrogen) atoms. The third kappa shape index (κ3) is 5.56. The standard InChI is InChI=1S/C33H34F2N6O/c1-4-22-13-25(32-39-30-17-37-16-26(30)33(40-32)38-21-9-11-36-12-10-21)24-7-5-6-8-31(24)41(22)18-27-28(34)14-23(15-29(27)35)42-19-20(2)3/h5-15,20,22,37H,4,16-19H2,1-3H3,(H,36,38,39,40). The molecule has 7 nitrogen and oxygen atoms in total. The van der Waals surface area contributed by atoms with Gasteiger partial charge in [-0.05, 0) is 30.5 Å². The molecule has 2 aromatic heterocycles. The van der Waals surface area contributed by atoms with Crippen molar-refractivity contribution in [2.75, 3.05) is 16.8 Å². The Balaban J connectivity index is 1.37. The van der Waals surface area contributed by atoms with Gasteiger partial charge >= 0.3 is 0 Å². The van der Waals surface area contributed by atoms with Crippen molar-refractivity contribution in [3.8, 4) is 5.75 Å². The zero-order valence-corrected chi connectivity index (χ0v) is 24.0. The molecule has 9 heteroatoms. The van der Waals surface area contributed by atoms with Crippen molar-refractivity contribution in [2.45, 2.75) is 52.9 Å². The van der Waals surface area contributed by atoms with Gasteiger partial charge in [0.15, 0.2) is 5.82 Å². The Labute approximate surface area is 244 Å². The number of hydrogen-bond acceptors (Lipinski definition) is 7. The van der Waals surface area contributed by atoms with Crippen LogP contribution >= 0.6 is 0 Å². The Morgan fingerprint density at radius 3 is 2.55 bits per heavy atom. The number of aromatic nitrogens is 3. The highest BCUT2D eigenvalue weighted by molar-refractivity contribution is 5.88. The van der Waals surface area contributed by atoms with Gasteiger partial charge in [-0.3, -0.25) is 4.98 Å². The Bertz CT molecular complexity index is 1600. The molecule has 4 heterocycles. The zero-order chi connectivity index (χ0) is 29.2. The van der Waals surface area contributed by atoms with E-state index in [1.54, 1.807) is 12.4 Å². The first kappa shape index (κ1) is 27.8.